The third-order valence-electron chi connectivity index (χ3n) is 4.62. The lowest BCUT2D eigenvalue weighted by molar-refractivity contribution is 0.0342. The Hall–Kier alpha value is -1.59. The average molecular weight is 316 g/mol. The lowest BCUT2D eigenvalue weighted by Crippen LogP contribution is -2.38. The fourth-order valence-electron chi connectivity index (χ4n) is 2.93. The smallest absolute Gasteiger partial charge is 0.191 e. The number of rotatable bonds is 5. The molecule has 3 rings (SSSR count). The molecule has 1 aliphatic heterocycles. The van der Waals surface area contributed by atoms with Gasteiger partial charge in [0.1, 0.15) is 0 Å². The minimum atomic E-state index is 0.592. The quantitative estimate of drug-likeness (QED) is 0.640. The molecule has 1 aliphatic carbocycles. The highest BCUT2D eigenvalue weighted by molar-refractivity contribution is 5.80. The predicted molar refractivity (Wildman–Crippen MR) is 93.4 cm³/mol. The summed E-state index contributed by atoms with van der Waals surface area (Å²) < 4.78 is 5.41. The van der Waals surface area contributed by atoms with Crippen LogP contribution >= 0.6 is 0 Å². The molecule has 1 saturated heterocycles. The lowest BCUT2D eigenvalue weighted by atomic mass is 10.1. The Morgan fingerprint density at radius 1 is 1.30 bits per heavy atom. The van der Waals surface area contributed by atoms with Crippen LogP contribution in [0.25, 0.3) is 0 Å². The number of ether oxygens (including phenoxy) is 1. The number of aliphatic imine (C=N–C) groups is 1. The molecule has 0 aromatic heterocycles. The molecule has 2 N–H and O–H groups in total. The zero-order chi connectivity index (χ0) is 16.1. The Labute approximate surface area is 139 Å². The van der Waals surface area contributed by atoms with Crippen molar-refractivity contribution in [3.05, 3.63) is 35.4 Å². The average Bonchev–Trinajstić information content (AvgIpc) is 3.27. The van der Waals surface area contributed by atoms with Gasteiger partial charge in [-0.3, -0.25) is 9.89 Å². The number of morpholine rings is 1. The van der Waals surface area contributed by atoms with Crippen molar-refractivity contribution in [3.63, 3.8) is 0 Å². The van der Waals surface area contributed by atoms with E-state index in [1.54, 1.807) is 0 Å². The van der Waals surface area contributed by atoms with Crippen molar-refractivity contribution in [3.8, 4) is 0 Å². The van der Waals surface area contributed by atoms with Gasteiger partial charge in [-0.2, -0.15) is 0 Å². The fourth-order valence-corrected chi connectivity index (χ4v) is 2.93. The van der Waals surface area contributed by atoms with E-state index in [1.807, 2.05) is 7.05 Å². The van der Waals surface area contributed by atoms with E-state index in [9.17, 15) is 0 Å². The molecular weight excluding hydrogens is 288 g/mol. The topological polar surface area (TPSA) is 48.9 Å². The van der Waals surface area contributed by atoms with Crippen molar-refractivity contribution < 1.29 is 4.74 Å². The zero-order valence-corrected chi connectivity index (χ0v) is 14.2. The van der Waals surface area contributed by atoms with E-state index in [2.05, 4.69) is 51.7 Å². The first-order valence-corrected chi connectivity index (χ1v) is 8.59. The van der Waals surface area contributed by atoms with E-state index in [-0.39, 0.29) is 0 Å². The van der Waals surface area contributed by atoms with Crippen LogP contribution in [-0.2, 0) is 17.8 Å². The van der Waals surface area contributed by atoms with Gasteiger partial charge in [0.15, 0.2) is 5.96 Å². The molecule has 23 heavy (non-hydrogen) atoms. The van der Waals surface area contributed by atoms with E-state index in [4.69, 9.17) is 4.74 Å². The number of hydrogen-bond donors (Lipinski definition) is 2. The van der Waals surface area contributed by atoms with Gasteiger partial charge in [0.25, 0.3) is 0 Å². The van der Waals surface area contributed by atoms with Gasteiger partial charge in [0.05, 0.1) is 13.2 Å². The second-order valence-corrected chi connectivity index (χ2v) is 6.60. The van der Waals surface area contributed by atoms with Crippen LogP contribution in [0, 0.1) is 5.92 Å². The summed E-state index contributed by atoms with van der Waals surface area (Å²) in [6.45, 7) is 7.82. The summed E-state index contributed by atoms with van der Waals surface area (Å²) in [7, 11) is 1.83. The van der Waals surface area contributed by atoms with Gasteiger partial charge in [-0.05, 0) is 23.5 Å². The van der Waals surface area contributed by atoms with E-state index in [0.717, 1.165) is 51.3 Å². The van der Waals surface area contributed by atoms with Crippen LogP contribution in [0.15, 0.2) is 29.3 Å². The van der Waals surface area contributed by atoms with Crippen LogP contribution in [-0.4, -0.2) is 50.3 Å². The van der Waals surface area contributed by atoms with Crippen molar-refractivity contribution in [1.29, 1.82) is 0 Å². The molecule has 2 unspecified atom stereocenters. The van der Waals surface area contributed by atoms with Crippen molar-refractivity contribution in [2.45, 2.75) is 32.5 Å². The second kappa shape index (κ2) is 7.79. The molecule has 2 fully saturated rings. The summed E-state index contributed by atoms with van der Waals surface area (Å²) >= 11 is 0. The Morgan fingerprint density at radius 3 is 2.74 bits per heavy atom. The molecule has 2 atom stereocenters. The first kappa shape index (κ1) is 16.3. The summed E-state index contributed by atoms with van der Waals surface area (Å²) in [6, 6.07) is 9.40. The van der Waals surface area contributed by atoms with Crippen molar-refractivity contribution >= 4 is 5.96 Å². The van der Waals surface area contributed by atoms with Gasteiger partial charge >= 0.3 is 0 Å². The first-order chi connectivity index (χ1) is 11.2. The molecule has 0 radical (unpaired) electrons. The number of benzene rings is 1. The van der Waals surface area contributed by atoms with Gasteiger partial charge in [-0.25, -0.2) is 0 Å². The highest BCUT2D eigenvalue weighted by atomic mass is 16.5. The minimum absolute atomic E-state index is 0.592. The van der Waals surface area contributed by atoms with E-state index >= 15 is 0 Å². The Kier molecular flexibility index (Phi) is 5.51. The molecule has 1 aromatic rings. The minimum Gasteiger partial charge on any atom is -0.379 e. The monoisotopic (exact) mass is 316 g/mol. The molecule has 5 heteroatoms. The molecular formula is C18H28N4O. The Balaban J connectivity index is 1.50. The SMILES string of the molecule is CN=C(NCc1cccc(CN2CCOCC2)c1)NC1CC1C. The summed E-state index contributed by atoms with van der Waals surface area (Å²) in [5, 5.41) is 6.87. The highest BCUT2D eigenvalue weighted by Gasteiger charge is 2.33. The van der Waals surface area contributed by atoms with Gasteiger partial charge in [-0.15, -0.1) is 0 Å². The maximum Gasteiger partial charge on any atom is 0.191 e. The third-order valence-corrected chi connectivity index (χ3v) is 4.62. The molecule has 0 spiro atoms. The van der Waals surface area contributed by atoms with Gasteiger partial charge in [-0.1, -0.05) is 31.2 Å². The molecule has 1 aromatic carbocycles. The van der Waals surface area contributed by atoms with Crippen molar-refractivity contribution in [2.75, 3.05) is 33.4 Å². The standard InChI is InChI=1S/C18H28N4O/c1-14-10-17(14)21-18(19-2)20-12-15-4-3-5-16(11-15)13-22-6-8-23-9-7-22/h3-5,11,14,17H,6-10,12-13H2,1-2H3,(H2,19,20,21). The number of hydrogen-bond acceptors (Lipinski definition) is 3. The molecule has 126 valence electrons. The van der Waals surface area contributed by atoms with Crippen LogP contribution in [0.2, 0.25) is 0 Å². The van der Waals surface area contributed by atoms with Crippen LogP contribution in [0.4, 0.5) is 0 Å². The summed E-state index contributed by atoms with van der Waals surface area (Å²) in [5.41, 5.74) is 2.66. The van der Waals surface area contributed by atoms with Crippen LogP contribution < -0.4 is 10.6 Å². The second-order valence-electron chi connectivity index (χ2n) is 6.60. The first-order valence-electron chi connectivity index (χ1n) is 8.59. The summed E-state index contributed by atoms with van der Waals surface area (Å²) in [5.74, 6) is 1.67. The molecule has 1 saturated carbocycles. The molecule has 0 bridgehead atoms. The number of guanidine groups is 1. The van der Waals surface area contributed by atoms with Gasteiger partial charge in [0, 0.05) is 39.3 Å². The predicted octanol–water partition coefficient (Wildman–Crippen LogP) is 1.59. The third kappa shape index (κ3) is 4.94. The molecule has 0 amide bonds. The van der Waals surface area contributed by atoms with Crippen LogP contribution in [0.3, 0.4) is 0 Å². The fraction of sp³-hybridized carbons (Fsp3) is 0.611. The van der Waals surface area contributed by atoms with E-state index < -0.39 is 0 Å². The van der Waals surface area contributed by atoms with Crippen LogP contribution in [0.1, 0.15) is 24.5 Å². The van der Waals surface area contributed by atoms with Crippen molar-refractivity contribution in [1.82, 2.24) is 15.5 Å². The molecule has 5 nitrogen and oxygen atoms in total. The summed E-state index contributed by atoms with van der Waals surface area (Å²) in [4.78, 5) is 6.76. The lowest BCUT2D eigenvalue weighted by Gasteiger charge is -2.26. The largest absolute Gasteiger partial charge is 0.379 e. The highest BCUT2D eigenvalue weighted by Crippen LogP contribution is 2.28. The normalized spacial score (nSPS) is 25.2. The van der Waals surface area contributed by atoms with Crippen LogP contribution in [0.5, 0.6) is 0 Å². The van der Waals surface area contributed by atoms with Gasteiger partial charge < -0.3 is 15.4 Å². The number of nitrogens with one attached hydrogen (secondary N) is 2. The number of nitrogens with zero attached hydrogens (tertiary/aromatic N) is 2. The zero-order valence-electron chi connectivity index (χ0n) is 14.2. The maximum atomic E-state index is 5.41. The maximum absolute atomic E-state index is 5.41. The Morgan fingerprint density at radius 2 is 2.04 bits per heavy atom. The Bertz CT molecular complexity index is 540. The van der Waals surface area contributed by atoms with E-state index in [1.165, 1.54) is 17.5 Å². The van der Waals surface area contributed by atoms with Gasteiger partial charge in [0.2, 0.25) is 0 Å². The van der Waals surface area contributed by atoms with E-state index in [0.29, 0.717) is 6.04 Å². The molecule has 2 aliphatic rings. The summed E-state index contributed by atoms with van der Waals surface area (Å²) in [6.07, 6.45) is 1.25. The molecule has 1 heterocycles. The van der Waals surface area contributed by atoms with Crippen molar-refractivity contribution in [2.24, 2.45) is 10.9 Å².